The SMILES string of the molecule is CC1=C[C@@H]2OO[C@@H]1C[C@@H]2[C@]1(C)CCCC1(C)C. The van der Waals surface area contributed by atoms with E-state index in [-0.39, 0.29) is 12.2 Å². The summed E-state index contributed by atoms with van der Waals surface area (Å²) in [5.74, 6) is 0.627. The van der Waals surface area contributed by atoms with Gasteiger partial charge in [0, 0.05) is 5.92 Å². The van der Waals surface area contributed by atoms with Gasteiger partial charge in [-0.15, -0.1) is 0 Å². The zero-order chi connectivity index (χ0) is 12.3. The van der Waals surface area contributed by atoms with Gasteiger partial charge in [-0.1, -0.05) is 33.3 Å². The molecule has 96 valence electrons. The summed E-state index contributed by atoms with van der Waals surface area (Å²) in [6.45, 7) is 9.50. The lowest BCUT2D eigenvalue weighted by Crippen LogP contribution is -2.50. The molecule has 4 rings (SSSR count). The summed E-state index contributed by atoms with van der Waals surface area (Å²) >= 11 is 0. The molecule has 0 spiro atoms. The van der Waals surface area contributed by atoms with E-state index in [4.69, 9.17) is 9.78 Å². The second kappa shape index (κ2) is 3.58. The molecule has 4 atom stereocenters. The van der Waals surface area contributed by atoms with E-state index in [1.807, 2.05) is 0 Å². The van der Waals surface area contributed by atoms with E-state index < -0.39 is 0 Å². The zero-order valence-corrected chi connectivity index (χ0v) is 11.5. The first-order chi connectivity index (χ1) is 7.94. The molecule has 0 aromatic carbocycles. The molecule has 2 bridgehead atoms. The van der Waals surface area contributed by atoms with Crippen molar-refractivity contribution in [3.05, 3.63) is 11.6 Å². The molecule has 4 aliphatic rings. The van der Waals surface area contributed by atoms with Crippen LogP contribution in [0, 0.1) is 16.7 Å². The van der Waals surface area contributed by atoms with Crippen molar-refractivity contribution in [2.24, 2.45) is 16.7 Å². The summed E-state index contributed by atoms with van der Waals surface area (Å²) in [7, 11) is 0. The number of hydrogen-bond acceptors (Lipinski definition) is 2. The van der Waals surface area contributed by atoms with E-state index in [9.17, 15) is 0 Å². The Hall–Kier alpha value is -0.340. The molecular weight excluding hydrogens is 212 g/mol. The Morgan fingerprint density at radius 2 is 1.94 bits per heavy atom. The Labute approximate surface area is 104 Å². The summed E-state index contributed by atoms with van der Waals surface area (Å²) in [5.41, 5.74) is 2.19. The molecule has 2 nitrogen and oxygen atoms in total. The molecule has 1 saturated carbocycles. The quantitative estimate of drug-likeness (QED) is 0.508. The van der Waals surface area contributed by atoms with Crippen molar-refractivity contribution in [1.29, 1.82) is 0 Å². The van der Waals surface area contributed by atoms with Crippen LogP contribution in [0.1, 0.15) is 53.4 Å². The zero-order valence-electron chi connectivity index (χ0n) is 11.5. The molecular formula is C15H24O2. The van der Waals surface area contributed by atoms with Crippen molar-refractivity contribution in [2.45, 2.75) is 65.6 Å². The maximum atomic E-state index is 5.55. The highest BCUT2D eigenvalue weighted by molar-refractivity contribution is 5.19. The maximum absolute atomic E-state index is 5.55. The van der Waals surface area contributed by atoms with Crippen molar-refractivity contribution in [1.82, 2.24) is 0 Å². The molecule has 2 aliphatic heterocycles. The Balaban J connectivity index is 1.92. The molecule has 1 saturated heterocycles. The molecule has 2 heterocycles. The lowest BCUT2D eigenvalue weighted by Gasteiger charge is -2.51. The normalized spacial score (nSPS) is 48.2. The van der Waals surface area contributed by atoms with Crippen molar-refractivity contribution in [3.63, 3.8) is 0 Å². The van der Waals surface area contributed by atoms with Crippen LogP contribution in [0.5, 0.6) is 0 Å². The van der Waals surface area contributed by atoms with Crippen molar-refractivity contribution < 1.29 is 9.78 Å². The van der Waals surface area contributed by atoms with Gasteiger partial charge in [0.15, 0.2) is 0 Å². The first-order valence-electron chi connectivity index (χ1n) is 6.94. The third-order valence-electron chi connectivity index (χ3n) is 5.94. The summed E-state index contributed by atoms with van der Waals surface area (Å²) in [5, 5.41) is 0. The van der Waals surface area contributed by atoms with E-state index >= 15 is 0 Å². The van der Waals surface area contributed by atoms with Crippen LogP contribution in [-0.2, 0) is 9.78 Å². The summed E-state index contributed by atoms with van der Waals surface area (Å²) < 4.78 is 0. The predicted octanol–water partition coefficient (Wildman–Crippen LogP) is 3.87. The highest BCUT2D eigenvalue weighted by Gasteiger charge is 2.55. The number of hydrogen-bond donors (Lipinski definition) is 0. The van der Waals surface area contributed by atoms with Crippen LogP contribution in [0.15, 0.2) is 11.6 Å². The lowest BCUT2D eigenvalue weighted by atomic mass is 9.58. The first kappa shape index (κ1) is 11.7. The minimum absolute atomic E-state index is 0.183. The smallest absolute Gasteiger partial charge is 0.115 e. The van der Waals surface area contributed by atoms with Crippen LogP contribution in [0.4, 0.5) is 0 Å². The Kier molecular flexibility index (Phi) is 2.47. The molecule has 0 unspecified atom stereocenters. The Morgan fingerprint density at radius 1 is 1.18 bits per heavy atom. The second-order valence-electron chi connectivity index (χ2n) is 7.05. The highest BCUT2D eigenvalue weighted by Crippen LogP contribution is 2.60. The first-order valence-corrected chi connectivity index (χ1v) is 6.94. The molecule has 17 heavy (non-hydrogen) atoms. The van der Waals surface area contributed by atoms with Crippen LogP contribution in [-0.4, -0.2) is 12.2 Å². The van der Waals surface area contributed by atoms with Gasteiger partial charge in [0.25, 0.3) is 0 Å². The standard InChI is InChI=1S/C15H24O2/c1-10-8-13-11(9-12(10)16-17-13)15(4)7-5-6-14(15,2)3/h8,11-13H,5-7,9H2,1-4H3/t11-,12+,13-,15-/m0/s1. The summed E-state index contributed by atoms with van der Waals surface area (Å²) in [6.07, 6.45) is 7.88. The molecule has 2 aliphatic carbocycles. The monoisotopic (exact) mass is 236 g/mol. The molecule has 0 radical (unpaired) electrons. The average molecular weight is 236 g/mol. The van der Waals surface area contributed by atoms with Gasteiger partial charge < -0.3 is 0 Å². The predicted molar refractivity (Wildman–Crippen MR) is 67.3 cm³/mol. The van der Waals surface area contributed by atoms with Gasteiger partial charge >= 0.3 is 0 Å². The van der Waals surface area contributed by atoms with Gasteiger partial charge in [-0.25, -0.2) is 9.78 Å². The Morgan fingerprint density at radius 3 is 2.41 bits per heavy atom. The van der Waals surface area contributed by atoms with Crippen molar-refractivity contribution in [3.8, 4) is 0 Å². The van der Waals surface area contributed by atoms with E-state index in [1.54, 1.807) is 0 Å². The summed E-state index contributed by atoms with van der Waals surface area (Å²) in [6, 6.07) is 0. The molecule has 0 aromatic heterocycles. The summed E-state index contributed by atoms with van der Waals surface area (Å²) in [4.78, 5) is 11.0. The third kappa shape index (κ3) is 1.53. The van der Waals surface area contributed by atoms with E-state index in [1.165, 1.54) is 24.8 Å². The number of rotatable bonds is 1. The van der Waals surface area contributed by atoms with E-state index in [2.05, 4.69) is 33.8 Å². The van der Waals surface area contributed by atoms with Crippen molar-refractivity contribution >= 4 is 0 Å². The highest BCUT2D eigenvalue weighted by atomic mass is 17.2. The molecule has 0 N–H and O–H groups in total. The van der Waals surface area contributed by atoms with Crippen LogP contribution >= 0.6 is 0 Å². The van der Waals surface area contributed by atoms with Crippen LogP contribution < -0.4 is 0 Å². The van der Waals surface area contributed by atoms with Gasteiger partial charge in [-0.2, -0.15) is 0 Å². The largest absolute Gasteiger partial charge is 0.228 e. The van der Waals surface area contributed by atoms with Gasteiger partial charge in [-0.3, -0.25) is 0 Å². The fourth-order valence-corrected chi connectivity index (χ4v) is 4.21. The number of fused-ring (bicyclic) bond motifs is 2. The van der Waals surface area contributed by atoms with Gasteiger partial charge in [0.1, 0.15) is 12.2 Å². The second-order valence-corrected chi connectivity index (χ2v) is 7.05. The Bertz CT molecular complexity index is 358. The minimum atomic E-state index is 0.183. The molecule has 2 fully saturated rings. The fourth-order valence-electron chi connectivity index (χ4n) is 4.21. The average Bonchev–Trinajstić information content (AvgIpc) is 2.55. The fraction of sp³-hybridized carbons (Fsp3) is 0.867. The minimum Gasteiger partial charge on any atom is -0.228 e. The van der Waals surface area contributed by atoms with E-state index in [0.717, 1.165) is 6.42 Å². The van der Waals surface area contributed by atoms with Gasteiger partial charge in [0.2, 0.25) is 0 Å². The lowest BCUT2D eigenvalue weighted by molar-refractivity contribution is -0.386. The van der Waals surface area contributed by atoms with Crippen LogP contribution in [0.25, 0.3) is 0 Å². The molecule has 0 amide bonds. The van der Waals surface area contributed by atoms with Crippen molar-refractivity contribution in [2.75, 3.05) is 0 Å². The molecule has 2 heteroatoms. The third-order valence-corrected chi connectivity index (χ3v) is 5.94. The van der Waals surface area contributed by atoms with Crippen LogP contribution in [0.3, 0.4) is 0 Å². The van der Waals surface area contributed by atoms with E-state index in [0.29, 0.717) is 16.7 Å². The molecule has 0 aromatic rings. The van der Waals surface area contributed by atoms with Crippen LogP contribution in [0.2, 0.25) is 0 Å². The topological polar surface area (TPSA) is 18.5 Å². The van der Waals surface area contributed by atoms with Gasteiger partial charge in [-0.05, 0) is 42.6 Å². The maximum Gasteiger partial charge on any atom is 0.115 e. The van der Waals surface area contributed by atoms with Gasteiger partial charge in [0.05, 0.1) is 0 Å².